The number of benzene rings is 3. The summed E-state index contributed by atoms with van der Waals surface area (Å²) in [7, 11) is 0. The molecule has 3 aromatic rings. The molecule has 2 nitrogen and oxygen atoms in total. The van der Waals surface area contributed by atoms with Gasteiger partial charge in [-0.2, -0.15) is 0 Å². The van der Waals surface area contributed by atoms with E-state index in [-0.39, 0.29) is 11.3 Å². The Hall–Kier alpha value is -3.39. The molecule has 1 unspecified atom stereocenters. The Morgan fingerprint density at radius 2 is 1.33 bits per heavy atom. The Bertz CT molecular complexity index is 1120. The first-order chi connectivity index (χ1) is 13.4. The van der Waals surface area contributed by atoms with Gasteiger partial charge in [-0.3, -0.25) is 4.99 Å². The lowest BCUT2D eigenvalue weighted by molar-refractivity contribution is 0.399. The summed E-state index contributed by atoms with van der Waals surface area (Å²) in [6, 6.07) is 25.4. The third-order valence-electron chi connectivity index (χ3n) is 5.89. The number of aliphatic imine (C=N–C) groups is 1. The summed E-state index contributed by atoms with van der Waals surface area (Å²) >= 11 is 0. The highest BCUT2D eigenvalue weighted by atomic mass is 16.5. The first-order valence-electron chi connectivity index (χ1n) is 9.29. The average molecular weight is 347 g/mol. The van der Waals surface area contributed by atoms with Gasteiger partial charge in [-0.25, -0.2) is 0 Å². The van der Waals surface area contributed by atoms with Crippen molar-refractivity contribution in [1.29, 1.82) is 0 Å². The Kier molecular flexibility index (Phi) is 2.90. The van der Waals surface area contributed by atoms with E-state index in [9.17, 15) is 0 Å². The number of hydrogen-bond acceptors (Lipinski definition) is 2. The van der Waals surface area contributed by atoms with Crippen LogP contribution >= 0.6 is 0 Å². The molecule has 128 valence electrons. The van der Waals surface area contributed by atoms with Gasteiger partial charge in [-0.15, -0.1) is 0 Å². The van der Waals surface area contributed by atoms with Crippen molar-refractivity contribution in [3.05, 3.63) is 114 Å². The van der Waals surface area contributed by atoms with E-state index in [2.05, 4.69) is 85.0 Å². The second-order valence-corrected chi connectivity index (χ2v) is 7.18. The third kappa shape index (κ3) is 1.82. The Labute approximate surface area is 158 Å². The van der Waals surface area contributed by atoms with Gasteiger partial charge < -0.3 is 4.74 Å². The van der Waals surface area contributed by atoms with Gasteiger partial charge in [0.25, 0.3) is 0 Å². The van der Waals surface area contributed by atoms with Crippen LogP contribution in [0.25, 0.3) is 0 Å². The van der Waals surface area contributed by atoms with E-state index in [1.54, 1.807) is 0 Å². The number of para-hydroxylation sites is 3. The first-order valence-corrected chi connectivity index (χ1v) is 9.29. The van der Waals surface area contributed by atoms with Gasteiger partial charge in [0.1, 0.15) is 11.5 Å². The number of allylic oxidation sites excluding steroid dienone is 4. The molecule has 0 amide bonds. The molecule has 1 aliphatic carbocycles. The highest BCUT2D eigenvalue weighted by molar-refractivity contribution is 6.05. The fourth-order valence-corrected chi connectivity index (χ4v) is 4.87. The van der Waals surface area contributed by atoms with E-state index in [1.165, 1.54) is 16.7 Å². The van der Waals surface area contributed by atoms with Gasteiger partial charge in [0.05, 0.1) is 11.1 Å². The number of fused-ring (bicyclic) bond motifs is 8. The highest BCUT2D eigenvalue weighted by Crippen LogP contribution is 2.59. The normalized spacial score (nSPS) is 20.0. The average Bonchev–Trinajstić information content (AvgIpc) is 2.73. The van der Waals surface area contributed by atoms with Crippen molar-refractivity contribution in [2.45, 2.75) is 5.41 Å². The molecule has 0 bridgehead atoms. The SMILES string of the molecule is C1=CC2=Nc3ccccc3C3(c4ccccc4Oc4ccccc43)C2C=C1. The minimum Gasteiger partial charge on any atom is -0.457 e. The predicted molar refractivity (Wildman–Crippen MR) is 108 cm³/mol. The van der Waals surface area contributed by atoms with Crippen LogP contribution in [-0.2, 0) is 5.41 Å². The lowest BCUT2D eigenvalue weighted by atomic mass is 9.57. The number of hydrogen-bond donors (Lipinski definition) is 0. The monoisotopic (exact) mass is 347 g/mol. The molecular formula is C25H17NO. The van der Waals surface area contributed by atoms with Crippen molar-refractivity contribution < 1.29 is 4.74 Å². The molecule has 0 fully saturated rings. The molecule has 0 aromatic heterocycles. The zero-order valence-electron chi connectivity index (χ0n) is 14.7. The maximum Gasteiger partial charge on any atom is 0.131 e. The summed E-state index contributed by atoms with van der Waals surface area (Å²) in [5.74, 6) is 1.98. The molecule has 0 saturated heterocycles. The van der Waals surface area contributed by atoms with Gasteiger partial charge in [0.15, 0.2) is 0 Å². The minimum absolute atomic E-state index is 0.128. The van der Waals surface area contributed by atoms with Gasteiger partial charge in [0.2, 0.25) is 0 Å². The fourth-order valence-electron chi connectivity index (χ4n) is 4.87. The summed E-state index contributed by atoms with van der Waals surface area (Å²) in [6.45, 7) is 0. The quantitative estimate of drug-likeness (QED) is 0.492. The van der Waals surface area contributed by atoms with Crippen molar-refractivity contribution in [3.63, 3.8) is 0 Å². The molecule has 0 N–H and O–H groups in total. The molecular weight excluding hydrogens is 330 g/mol. The minimum atomic E-state index is -0.347. The van der Waals surface area contributed by atoms with E-state index in [4.69, 9.17) is 9.73 Å². The lowest BCUT2D eigenvalue weighted by Gasteiger charge is -2.47. The number of rotatable bonds is 0. The van der Waals surface area contributed by atoms with Crippen molar-refractivity contribution in [2.75, 3.05) is 0 Å². The van der Waals surface area contributed by atoms with E-state index < -0.39 is 0 Å². The van der Waals surface area contributed by atoms with Crippen LogP contribution in [0.3, 0.4) is 0 Å². The Morgan fingerprint density at radius 1 is 0.704 bits per heavy atom. The largest absolute Gasteiger partial charge is 0.457 e. The van der Waals surface area contributed by atoms with Crippen LogP contribution in [0.5, 0.6) is 11.5 Å². The predicted octanol–water partition coefficient (Wildman–Crippen LogP) is 5.96. The second-order valence-electron chi connectivity index (χ2n) is 7.18. The lowest BCUT2D eigenvalue weighted by Crippen LogP contribution is -2.45. The van der Waals surface area contributed by atoms with Gasteiger partial charge in [-0.1, -0.05) is 72.8 Å². The van der Waals surface area contributed by atoms with Crippen LogP contribution in [-0.4, -0.2) is 5.71 Å². The van der Waals surface area contributed by atoms with Crippen LogP contribution in [0.2, 0.25) is 0 Å². The summed E-state index contributed by atoms with van der Waals surface area (Å²) < 4.78 is 6.32. The van der Waals surface area contributed by atoms with E-state index in [0.717, 1.165) is 22.9 Å². The molecule has 27 heavy (non-hydrogen) atoms. The highest BCUT2D eigenvalue weighted by Gasteiger charge is 2.52. The summed E-state index contributed by atoms with van der Waals surface area (Å²) in [5.41, 5.74) is 5.43. The molecule has 1 atom stereocenters. The van der Waals surface area contributed by atoms with Crippen molar-refractivity contribution >= 4 is 11.4 Å². The second kappa shape index (κ2) is 5.31. The van der Waals surface area contributed by atoms with E-state index in [1.807, 2.05) is 12.1 Å². The maximum absolute atomic E-state index is 6.32. The number of nitrogens with zero attached hydrogens (tertiary/aromatic N) is 1. The molecule has 0 saturated carbocycles. The molecule has 6 rings (SSSR count). The Morgan fingerprint density at radius 3 is 2.07 bits per heavy atom. The van der Waals surface area contributed by atoms with E-state index >= 15 is 0 Å². The van der Waals surface area contributed by atoms with Crippen LogP contribution in [0.1, 0.15) is 16.7 Å². The van der Waals surface area contributed by atoms with Gasteiger partial charge in [-0.05, 0) is 29.8 Å². The van der Waals surface area contributed by atoms with Crippen molar-refractivity contribution in [1.82, 2.24) is 0 Å². The molecule has 2 heteroatoms. The standard InChI is InChI=1S/C25H17NO/c1-5-13-21-17(9-1)25(18-10-2-6-14-22(18)26-21)19-11-3-7-15-23(19)27-24-16-8-4-12-20(24)25/h1-17H. The van der Waals surface area contributed by atoms with E-state index in [0.29, 0.717) is 0 Å². The van der Waals surface area contributed by atoms with Gasteiger partial charge >= 0.3 is 0 Å². The van der Waals surface area contributed by atoms with Crippen LogP contribution in [0, 0.1) is 5.92 Å². The van der Waals surface area contributed by atoms with Crippen LogP contribution in [0.4, 0.5) is 5.69 Å². The van der Waals surface area contributed by atoms with Crippen LogP contribution < -0.4 is 4.74 Å². The fraction of sp³-hybridized carbons (Fsp3) is 0.0800. The summed E-state index contributed by atoms with van der Waals surface area (Å²) in [6.07, 6.45) is 8.64. The van der Waals surface area contributed by atoms with Gasteiger partial charge in [0, 0.05) is 22.8 Å². The molecule has 2 heterocycles. The zero-order chi connectivity index (χ0) is 17.8. The van der Waals surface area contributed by atoms with Crippen molar-refractivity contribution in [3.8, 4) is 11.5 Å². The zero-order valence-corrected chi connectivity index (χ0v) is 14.7. The number of ether oxygens (including phenoxy) is 1. The van der Waals surface area contributed by atoms with Crippen LogP contribution in [0.15, 0.2) is 102 Å². The molecule has 1 spiro atoms. The molecule has 2 aliphatic heterocycles. The van der Waals surface area contributed by atoms with Crippen molar-refractivity contribution in [2.24, 2.45) is 10.9 Å². The molecule has 3 aliphatic rings. The molecule has 0 radical (unpaired) electrons. The Balaban J connectivity index is 1.81. The molecule has 3 aromatic carbocycles. The first kappa shape index (κ1) is 14.7. The summed E-state index contributed by atoms with van der Waals surface area (Å²) in [5, 5.41) is 0. The maximum atomic E-state index is 6.32. The third-order valence-corrected chi connectivity index (χ3v) is 5.89. The summed E-state index contributed by atoms with van der Waals surface area (Å²) in [4.78, 5) is 5.00. The topological polar surface area (TPSA) is 21.6 Å². The smallest absolute Gasteiger partial charge is 0.131 e.